The highest BCUT2D eigenvalue weighted by atomic mass is 32.1. The van der Waals surface area contributed by atoms with Gasteiger partial charge in [0.1, 0.15) is 17.4 Å². The number of hydrogen-bond donors (Lipinski definition) is 1. The van der Waals surface area contributed by atoms with Crippen LogP contribution in [0.3, 0.4) is 0 Å². The molecule has 1 heterocycles. The second kappa shape index (κ2) is 8.34. The molecule has 2 rings (SSSR count). The van der Waals surface area contributed by atoms with Gasteiger partial charge in [-0.1, -0.05) is 0 Å². The molecule has 0 spiro atoms. The molecule has 0 amide bonds. The molecule has 0 aliphatic rings. The summed E-state index contributed by atoms with van der Waals surface area (Å²) < 4.78 is 36.6. The molecule has 0 saturated heterocycles. The fourth-order valence-electron chi connectivity index (χ4n) is 1.81. The number of thiazole rings is 1. The highest BCUT2D eigenvalue weighted by Crippen LogP contribution is 2.22. The Labute approximate surface area is 141 Å². The standard InChI is InChI=1S/C15H15F2N3O3S/c1-3-23-14(21)6-10-8-24-15(19-10)20-18-7-11-12(17)4-9(16)5-13(11)22-2/h4-5,7-8H,3,6H2,1-2H3,(H,19,20). The summed E-state index contributed by atoms with van der Waals surface area (Å²) in [6.45, 7) is 2.03. The van der Waals surface area contributed by atoms with Crippen LogP contribution >= 0.6 is 11.3 Å². The first kappa shape index (κ1) is 17.8. The van der Waals surface area contributed by atoms with E-state index in [0.29, 0.717) is 17.4 Å². The molecule has 0 atom stereocenters. The van der Waals surface area contributed by atoms with E-state index >= 15 is 0 Å². The summed E-state index contributed by atoms with van der Waals surface area (Å²) >= 11 is 1.23. The Morgan fingerprint density at radius 3 is 2.96 bits per heavy atom. The van der Waals surface area contributed by atoms with Crippen molar-refractivity contribution in [2.45, 2.75) is 13.3 Å². The SMILES string of the molecule is CCOC(=O)Cc1csc(NN=Cc2c(F)cc(F)cc2OC)n1. The predicted octanol–water partition coefficient (Wildman–Crippen LogP) is 2.98. The monoisotopic (exact) mass is 355 g/mol. The van der Waals surface area contributed by atoms with E-state index in [-0.39, 0.29) is 23.7 Å². The molecule has 0 fully saturated rings. The molecular weight excluding hydrogens is 340 g/mol. The molecule has 0 bridgehead atoms. The molecule has 0 radical (unpaired) electrons. The first-order chi connectivity index (χ1) is 11.5. The van der Waals surface area contributed by atoms with Gasteiger partial charge in [-0.05, 0) is 6.92 Å². The summed E-state index contributed by atoms with van der Waals surface area (Å²) in [5.41, 5.74) is 3.17. The lowest BCUT2D eigenvalue weighted by molar-refractivity contribution is -0.142. The quantitative estimate of drug-likeness (QED) is 0.470. The number of hydrazone groups is 1. The largest absolute Gasteiger partial charge is 0.496 e. The molecule has 0 aliphatic carbocycles. The molecule has 0 saturated carbocycles. The number of aromatic nitrogens is 1. The van der Waals surface area contributed by atoms with Crippen LogP contribution in [0.1, 0.15) is 18.2 Å². The fraction of sp³-hybridized carbons (Fsp3) is 0.267. The number of benzene rings is 1. The van der Waals surface area contributed by atoms with Gasteiger partial charge in [-0.3, -0.25) is 10.2 Å². The van der Waals surface area contributed by atoms with Crippen molar-refractivity contribution in [3.63, 3.8) is 0 Å². The Hall–Kier alpha value is -2.55. The van der Waals surface area contributed by atoms with Gasteiger partial charge in [0, 0.05) is 17.5 Å². The Morgan fingerprint density at radius 1 is 1.46 bits per heavy atom. The Balaban J connectivity index is 2.02. The number of halogens is 2. The summed E-state index contributed by atoms with van der Waals surface area (Å²) in [6, 6.07) is 1.80. The molecule has 128 valence electrons. The van der Waals surface area contributed by atoms with E-state index in [1.807, 2.05) is 0 Å². The lowest BCUT2D eigenvalue weighted by Gasteiger charge is -2.05. The second-order valence-electron chi connectivity index (χ2n) is 4.50. The minimum atomic E-state index is -0.792. The predicted molar refractivity (Wildman–Crippen MR) is 86.6 cm³/mol. The van der Waals surface area contributed by atoms with Gasteiger partial charge in [-0.15, -0.1) is 11.3 Å². The molecule has 1 aromatic carbocycles. The van der Waals surface area contributed by atoms with Crippen molar-refractivity contribution < 1.29 is 23.0 Å². The minimum absolute atomic E-state index is 0.00898. The van der Waals surface area contributed by atoms with E-state index in [0.717, 1.165) is 12.1 Å². The molecule has 24 heavy (non-hydrogen) atoms. The van der Waals surface area contributed by atoms with Crippen LogP contribution in [0, 0.1) is 11.6 Å². The summed E-state index contributed by atoms with van der Waals surface area (Å²) in [6.07, 6.45) is 1.23. The van der Waals surface area contributed by atoms with Crippen LogP contribution in [0.2, 0.25) is 0 Å². The van der Waals surface area contributed by atoms with Crippen LogP contribution < -0.4 is 10.2 Å². The molecule has 0 aliphatic heterocycles. The number of rotatable bonds is 7. The fourth-order valence-corrected chi connectivity index (χ4v) is 2.47. The molecule has 9 heteroatoms. The van der Waals surface area contributed by atoms with Gasteiger partial charge in [0.25, 0.3) is 0 Å². The van der Waals surface area contributed by atoms with Crippen LogP contribution in [-0.2, 0) is 16.0 Å². The average Bonchev–Trinajstić information content (AvgIpc) is 2.96. The first-order valence-electron chi connectivity index (χ1n) is 6.95. The van der Waals surface area contributed by atoms with Gasteiger partial charge in [-0.2, -0.15) is 5.10 Å². The topological polar surface area (TPSA) is 72.8 Å². The molecule has 1 aromatic heterocycles. The number of nitrogens with zero attached hydrogens (tertiary/aromatic N) is 2. The van der Waals surface area contributed by atoms with E-state index in [1.165, 1.54) is 24.7 Å². The van der Waals surface area contributed by atoms with Gasteiger partial charge < -0.3 is 9.47 Å². The van der Waals surface area contributed by atoms with Crippen molar-refractivity contribution >= 4 is 28.7 Å². The number of nitrogens with one attached hydrogen (secondary N) is 1. The maximum absolute atomic E-state index is 13.7. The van der Waals surface area contributed by atoms with E-state index in [1.54, 1.807) is 12.3 Å². The van der Waals surface area contributed by atoms with Crippen LogP contribution in [-0.4, -0.2) is 30.9 Å². The lowest BCUT2D eigenvalue weighted by Crippen LogP contribution is -2.07. The van der Waals surface area contributed by atoms with Crippen molar-refractivity contribution in [2.75, 3.05) is 19.1 Å². The minimum Gasteiger partial charge on any atom is -0.496 e. The smallest absolute Gasteiger partial charge is 0.311 e. The molecule has 1 N–H and O–H groups in total. The van der Waals surface area contributed by atoms with E-state index in [4.69, 9.17) is 9.47 Å². The number of esters is 1. The summed E-state index contributed by atoms with van der Waals surface area (Å²) in [5.74, 6) is -1.87. The summed E-state index contributed by atoms with van der Waals surface area (Å²) in [7, 11) is 1.31. The number of anilines is 1. The maximum atomic E-state index is 13.7. The van der Waals surface area contributed by atoms with E-state index in [9.17, 15) is 13.6 Å². The van der Waals surface area contributed by atoms with Crippen LogP contribution in [0.25, 0.3) is 0 Å². The van der Waals surface area contributed by atoms with Crippen molar-refractivity contribution in [3.8, 4) is 5.75 Å². The zero-order valence-electron chi connectivity index (χ0n) is 13.0. The Kier molecular flexibility index (Phi) is 6.19. The van der Waals surface area contributed by atoms with Crippen molar-refractivity contribution in [1.82, 2.24) is 4.98 Å². The maximum Gasteiger partial charge on any atom is 0.311 e. The zero-order chi connectivity index (χ0) is 17.5. The van der Waals surface area contributed by atoms with Gasteiger partial charge in [0.15, 0.2) is 0 Å². The van der Waals surface area contributed by atoms with Gasteiger partial charge in [-0.25, -0.2) is 13.8 Å². The van der Waals surface area contributed by atoms with Gasteiger partial charge >= 0.3 is 5.97 Å². The Morgan fingerprint density at radius 2 is 2.25 bits per heavy atom. The number of ether oxygens (including phenoxy) is 2. The number of methoxy groups -OCH3 is 1. The highest BCUT2D eigenvalue weighted by molar-refractivity contribution is 7.13. The number of carbonyl (C=O) groups excluding carboxylic acids is 1. The molecule has 0 unspecified atom stereocenters. The summed E-state index contributed by atoms with van der Waals surface area (Å²) in [4.78, 5) is 15.5. The van der Waals surface area contributed by atoms with Crippen molar-refractivity contribution in [3.05, 3.63) is 40.4 Å². The zero-order valence-corrected chi connectivity index (χ0v) is 13.8. The van der Waals surface area contributed by atoms with Gasteiger partial charge in [0.2, 0.25) is 5.13 Å². The highest BCUT2D eigenvalue weighted by Gasteiger charge is 2.11. The number of hydrogen-bond acceptors (Lipinski definition) is 7. The normalized spacial score (nSPS) is 10.8. The van der Waals surface area contributed by atoms with Crippen LogP contribution in [0.15, 0.2) is 22.6 Å². The van der Waals surface area contributed by atoms with Crippen LogP contribution in [0.4, 0.5) is 13.9 Å². The van der Waals surface area contributed by atoms with Gasteiger partial charge in [0.05, 0.1) is 37.6 Å². The summed E-state index contributed by atoms with van der Waals surface area (Å²) in [5, 5.41) is 5.97. The Bertz CT molecular complexity index is 750. The molecule has 6 nitrogen and oxygen atoms in total. The van der Waals surface area contributed by atoms with E-state index in [2.05, 4.69) is 15.5 Å². The number of carbonyl (C=O) groups is 1. The third-order valence-electron chi connectivity index (χ3n) is 2.81. The lowest BCUT2D eigenvalue weighted by atomic mass is 10.2. The third kappa shape index (κ3) is 4.72. The first-order valence-corrected chi connectivity index (χ1v) is 7.83. The van der Waals surface area contributed by atoms with Crippen molar-refractivity contribution in [1.29, 1.82) is 0 Å². The molecule has 2 aromatic rings. The van der Waals surface area contributed by atoms with Crippen LogP contribution in [0.5, 0.6) is 5.75 Å². The molecular formula is C15H15F2N3O3S. The van der Waals surface area contributed by atoms with E-state index < -0.39 is 11.6 Å². The average molecular weight is 355 g/mol. The van der Waals surface area contributed by atoms with Crippen molar-refractivity contribution in [2.24, 2.45) is 5.10 Å². The second-order valence-corrected chi connectivity index (χ2v) is 5.36. The third-order valence-corrected chi connectivity index (χ3v) is 3.61.